The van der Waals surface area contributed by atoms with Crippen molar-refractivity contribution < 1.29 is 20.8 Å². The topological polar surface area (TPSA) is 0 Å². The second-order valence-electron chi connectivity index (χ2n) is 13.0. The first-order chi connectivity index (χ1) is 23.1. The summed E-state index contributed by atoms with van der Waals surface area (Å²) in [6.07, 6.45) is 2.14. The summed E-state index contributed by atoms with van der Waals surface area (Å²) in [7, 11) is 11.0. The van der Waals surface area contributed by atoms with Gasteiger partial charge in [-0.15, -0.1) is 69.1 Å². The molecule has 0 aliphatic rings. The number of fused-ring (bicyclic) bond motifs is 2. The minimum absolute atomic E-state index is 0.539. The Balaban J connectivity index is 0.000000224. The molecule has 0 N–H and O–H groups in total. The van der Waals surface area contributed by atoms with Gasteiger partial charge in [-0.25, -0.2) is 0 Å². The van der Waals surface area contributed by atoms with Crippen molar-refractivity contribution in [2.45, 2.75) is 93.2 Å². The predicted molar refractivity (Wildman–Crippen MR) is 216 cm³/mol. The number of hydrogen-bond donors (Lipinski definition) is 0. The molecule has 0 aliphatic carbocycles. The third kappa shape index (κ3) is 9.94. The number of benzene rings is 4. The molecular weight excluding hydrogens is 719 g/mol. The Labute approximate surface area is 312 Å². The van der Waals surface area contributed by atoms with E-state index in [1.807, 2.05) is 0 Å². The van der Waals surface area contributed by atoms with E-state index in [0.29, 0.717) is 11.8 Å². The van der Waals surface area contributed by atoms with Crippen LogP contribution in [-0.2, 0) is 33.7 Å². The molecule has 0 saturated heterocycles. The van der Waals surface area contributed by atoms with Crippen molar-refractivity contribution >= 4 is 48.1 Å². The van der Waals surface area contributed by atoms with Crippen molar-refractivity contribution in [1.82, 2.24) is 0 Å². The first-order valence-corrected chi connectivity index (χ1v) is 25.5. The van der Waals surface area contributed by atoms with Crippen molar-refractivity contribution in [3.05, 3.63) is 130 Å². The van der Waals surface area contributed by atoms with E-state index in [4.69, 9.17) is 17.0 Å². The van der Waals surface area contributed by atoms with E-state index < -0.39 is 20.8 Å². The third-order valence-corrected chi connectivity index (χ3v) is 8.71. The normalized spacial score (nSPS) is 10.6. The van der Waals surface area contributed by atoms with Gasteiger partial charge in [-0.2, -0.15) is 12.1 Å². The fourth-order valence-corrected chi connectivity index (χ4v) is 6.64. The van der Waals surface area contributed by atoms with Gasteiger partial charge in [-0.3, -0.25) is 0 Å². The zero-order chi connectivity index (χ0) is 35.4. The van der Waals surface area contributed by atoms with E-state index >= 15 is 0 Å². The molecule has 48 heavy (non-hydrogen) atoms. The molecule has 6 aromatic rings. The summed E-state index contributed by atoms with van der Waals surface area (Å²) >= 11 is -0.826. The first kappa shape index (κ1) is 40.2. The van der Waals surface area contributed by atoms with Crippen LogP contribution in [0.15, 0.2) is 97.1 Å². The van der Waals surface area contributed by atoms with Crippen LogP contribution in [0.3, 0.4) is 0 Å². The van der Waals surface area contributed by atoms with Crippen molar-refractivity contribution in [3.8, 4) is 22.3 Å². The third-order valence-electron chi connectivity index (χ3n) is 8.71. The summed E-state index contributed by atoms with van der Waals surface area (Å²) in [5, 5.41) is 5.52. The van der Waals surface area contributed by atoms with E-state index in [2.05, 4.69) is 166 Å². The molecule has 0 atom stereocenters. The number of hydrogen-bond acceptors (Lipinski definition) is 0. The van der Waals surface area contributed by atoms with Crippen LogP contribution in [0.1, 0.15) is 86.8 Å². The van der Waals surface area contributed by atoms with Gasteiger partial charge in [0.2, 0.25) is 0 Å². The van der Waals surface area contributed by atoms with Crippen LogP contribution in [-0.4, -0.2) is 9.52 Å². The summed E-state index contributed by atoms with van der Waals surface area (Å²) in [5.74, 6) is 1.08. The summed E-state index contributed by atoms with van der Waals surface area (Å²) < 4.78 is 0. The molecule has 0 nitrogen and oxygen atoms in total. The predicted octanol–water partition coefficient (Wildman–Crippen LogP) is 14.6. The average molecular weight is 771 g/mol. The standard InChI is InChI=1S/2C21H23.C2H6Si.2ClH.Zr/c2*1-5-16-10-11-17-12-15(4)13-20(17)21(16)19-9-7-6-8-18(19)14(2)3;1-3-2;;;/h2*6-14H,5H2,1-4H3;1-2H3;2*1H;/q2*-1;;;;+4/p-2. The molecule has 6 aromatic carbocycles. The van der Waals surface area contributed by atoms with Crippen molar-refractivity contribution in [2.75, 3.05) is 0 Å². The maximum atomic E-state index is 4.93. The second-order valence-corrected chi connectivity index (χ2v) is 17.8. The van der Waals surface area contributed by atoms with Crippen LogP contribution in [0, 0.1) is 13.8 Å². The Hall–Kier alpha value is -2.22. The summed E-state index contributed by atoms with van der Waals surface area (Å²) in [4.78, 5) is 0. The van der Waals surface area contributed by atoms with Crippen LogP contribution in [0.4, 0.5) is 0 Å². The summed E-state index contributed by atoms with van der Waals surface area (Å²) in [6, 6.07) is 36.1. The quantitative estimate of drug-likeness (QED) is 0.117. The molecular formula is C44H52Cl2SiZr. The Kier molecular flexibility index (Phi) is 16.6. The van der Waals surface area contributed by atoms with Gasteiger partial charge in [-0.05, 0) is 46.9 Å². The second kappa shape index (κ2) is 19.8. The first-order valence-electron chi connectivity index (χ1n) is 17.2. The van der Waals surface area contributed by atoms with Crippen LogP contribution in [0.5, 0.6) is 0 Å². The molecule has 4 heteroatoms. The fourth-order valence-electron chi connectivity index (χ4n) is 6.64. The SMILES string of the molecule is CCc1ccc2[cH-]c(C)cc2c1-c1ccccc1C(C)C.CCc1ccc2[cH-]c(C)cc2c1-c1ccccc1C(C)C.C[Si]C.[Cl][Zr+2][Cl]. The van der Waals surface area contributed by atoms with Gasteiger partial charge in [-0.1, -0.05) is 139 Å². The molecule has 0 amide bonds. The Morgan fingerprint density at radius 2 is 0.938 bits per heavy atom. The zero-order valence-electron chi connectivity index (χ0n) is 30.6. The van der Waals surface area contributed by atoms with E-state index in [1.165, 1.54) is 77.2 Å². The van der Waals surface area contributed by atoms with Crippen molar-refractivity contribution in [2.24, 2.45) is 0 Å². The molecule has 0 bridgehead atoms. The fraction of sp³-hybridized carbons (Fsp3) is 0.318. The molecule has 0 saturated carbocycles. The van der Waals surface area contributed by atoms with Gasteiger partial charge in [0.25, 0.3) is 0 Å². The van der Waals surface area contributed by atoms with E-state index in [-0.39, 0.29) is 0 Å². The maximum absolute atomic E-state index is 4.93. The molecule has 2 radical (unpaired) electrons. The monoisotopic (exact) mass is 768 g/mol. The Morgan fingerprint density at radius 1 is 0.604 bits per heavy atom. The van der Waals surface area contributed by atoms with E-state index in [0.717, 1.165) is 22.4 Å². The van der Waals surface area contributed by atoms with Crippen molar-refractivity contribution in [3.63, 3.8) is 0 Å². The average Bonchev–Trinajstić information content (AvgIpc) is 3.65. The molecule has 250 valence electrons. The summed E-state index contributed by atoms with van der Waals surface area (Å²) in [5.41, 5.74) is 14.2. The number of halogens is 2. The van der Waals surface area contributed by atoms with Gasteiger partial charge in [0.05, 0.1) is 0 Å². The molecule has 0 unspecified atom stereocenters. The Bertz CT molecular complexity index is 1740. The van der Waals surface area contributed by atoms with E-state index in [1.54, 1.807) is 0 Å². The van der Waals surface area contributed by atoms with Gasteiger partial charge < -0.3 is 0 Å². The molecule has 0 fully saturated rings. The van der Waals surface area contributed by atoms with E-state index in [9.17, 15) is 0 Å². The molecule has 0 aliphatic heterocycles. The molecule has 0 heterocycles. The minimum atomic E-state index is -0.826. The van der Waals surface area contributed by atoms with Crippen molar-refractivity contribution in [1.29, 1.82) is 0 Å². The Morgan fingerprint density at radius 3 is 1.25 bits per heavy atom. The zero-order valence-corrected chi connectivity index (χ0v) is 35.5. The van der Waals surface area contributed by atoms with Gasteiger partial charge in [0.15, 0.2) is 0 Å². The van der Waals surface area contributed by atoms with Gasteiger partial charge >= 0.3 is 37.9 Å². The van der Waals surface area contributed by atoms with Crippen LogP contribution < -0.4 is 0 Å². The van der Waals surface area contributed by atoms with Crippen LogP contribution in [0.2, 0.25) is 13.1 Å². The van der Waals surface area contributed by atoms with Gasteiger partial charge in [0.1, 0.15) is 0 Å². The molecule has 0 aromatic heterocycles. The summed E-state index contributed by atoms with van der Waals surface area (Å²) in [6.45, 7) is 22.3. The number of rotatable bonds is 6. The molecule has 0 spiro atoms. The van der Waals surface area contributed by atoms with Gasteiger partial charge in [0, 0.05) is 9.52 Å². The molecule has 6 rings (SSSR count). The number of aryl methyl sites for hydroxylation is 4. The van der Waals surface area contributed by atoms with Crippen LogP contribution >= 0.6 is 17.0 Å². The van der Waals surface area contributed by atoms with Crippen LogP contribution in [0.25, 0.3) is 43.8 Å².